The van der Waals surface area contributed by atoms with E-state index in [1.807, 2.05) is 36.3 Å². The lowest BCUT2D eigenvalue weighted by Gasteiger charge is -2.08. The fourth-order valence-electron chi connectivity index (χ4n) is 1.70. The van der Waals surface area contributed by atoms with Crippen LogP contribution >= 0.6 is 0 Å². The summed E-state index contributed by atoms with van der Waals surface area (Å²) in [4.78, 5) is 21.3. The number of carbonyl (C=O) groups is 2. The van der Waals surface area contributed by atoms with Crippen molar-refractivity contribution in [1.29, 1.82) is 0 Å². The molecule has 1 N–H and O–H groups in total. The zero-order valence-corrected chi connectivity index (χ0v) is 11.1. The van der Waals surface area contributed by atoms with Gasteiger partial charge in [0.25, 0.3) is 0 Å². The van der Waals surface area contributed by atoms with Gasteiger partial charge in [0.05, 0.1) is 5.56 Å². The first-order valence-electron chi connectivity index (χ1n) is 6.20. The number of ether oxygens (including phenoxy) is 1. The normalized spacial score (nSPS) is 9.33. The highest BCUT2D eigenvalue weighted by Gasteiger charge is 2.04. The molecule has 0 bridgehead atoms. The van der Waals surface area contributed by atoms with Gasteiger partial charge in [0.1, 0.15) is 18.6 Å². The number of hydrogen-bond acceptors (Lipinski definition) is 3. The Morgan fingerprint density at radius 3 is 2.62 bits per heavy atom. The molecule has 0 fully saturated rings. The molecule has 2 aromatic rings. The van der Waals surface area contributed by atoms with Gasteiger partial charge < -0.3 is 9.84 Å². The zero-order chi connectivity index (χ0) is 15.1. The Morgan fingerprint density at radius 2 is 1.95 bits per heavy atom. The third-order valence-corrected chi connectivity index (χ3v) is 2.68. The van der Waals surface area contributed by atoms with E-state index in [-0.39, 0.29) is 0 Å². The molecule has 4 heteroatoms. The second-order valence-electron chi connectivity index (χ2n) is 4.20. The monoisotopic (exact) mass is 280 g/mol. The van der Waals surface area contributed by atoms with Crippen LogP contribution in [0, 0.1) is 11.8 Å². The summed E-state index contributed by atoms with van der Waals surface area (Å²) < 4.78 is 5.64. The lowest BCUT2D eigenvalue weighted by molar-refractivity contribution is -0.130. The lowest BCUT2D eigenvalue weighted by atomic mass is 10.1. The number of carboxylic acids is 1. The highest BCUT2D eigenvalue weighted by atomic mass is 16.5. The number of carbonyl (C=O) groups excluding carboxylic acids is 1. The molecule has 104 valence electrons. The number of aliphatic carboxylic acids is 1. The van der Waals surface area contributed by atoms with Crippen LogP contribution in [0.15, 0.2) is 48.5 Å². The fraction of sp³-hybridized carbons (Fsp3) is 0.0588. The van der Waals surface area contributed by atoms with Crippen molar-refractivity contribution >= 4 is 12.3 Å². The van der Waals surface area contributed by atoms with E-state index in [1.54, 1.807) is 12.1 Å². The van der Waals surface area contributed by atoms with Crippen LogP contribution in [0.1, 0.15) is 21.5 Å². The highest BCUT2D eigenvalue weighted by Crippen LogP contribution is 2.20. The summed E-state index contributed by atoms with van der Waals surface area (Å²) in [6.45, 7) is 0.336. The second-order valence-corrected chi connectivity index (χ2v) is 4.20. The van der Waals surface area contributed by atoms with E-state index in [9.17, 15) is 9.59 Å². The Bertz CT molecular complexity index is 709. The highest BCUT2D eigenvalue weighted by molar-refractivity contribution is 5.87. The van der Waals surface area contributed by atoms with Crippen molar-refractivity contribution < 1.29 is 19.4 Å². The number of aldehydes is 1. The molecule has 0 radical (unpaired) electrons. The van der Waals surface area contributed by atoms with Gasteiger partial charge in [-0.1, -0.05) is 36.3 Å². The minimum Gasteiger partial charge on any atom is -0.488 e. The van der Waals surface area contributed by atoms with Crippen molar-refractivity contribution in [2.75, 3.05) is 0 Å². The van der Waals surface area contributed by atoms with Crippen molar-refractivity contribution in [2.45, 2.75) is 6.61 Å². The maximum atomic E-state index is 10.8. The summed E-state index contributed by atoms with van der Waals surface area (Å²) in [5, 5.41) is 8.62. The molecule has 21 heavy (non-hydrogen) atoms. The van der Waals surface area contributed by atoms with Crippen LogP contribution in [0.4, 0.5) is 0 Å². The summed E-state index contributed by atoms with van der Waals surface area (Å²) in [5.41, 5.74) is 1.77. The fourth-order valence-corrected chi connectivity index (χ4v) is 1.70. The molecule has 0 atom stereocenters. The molecule has 2 aromatic carbocycles. The third-order valence-electron chi connectivity index (χ3n) is 2.68. The van der Waals surface area contributed by atoms with Crippen molar-refractivity contribution in [2.24, 2.45) is 0 Å². The van der Waals surface area contributed by atoms with E-state index in [0.717, 1.165) is 5.56 Å². The van der Waals surface area contributed by atoms with Gasteiger partial charge in [0.15, 0.2) is 0 Å². The van der Waals surface area contributed by atoms with Gasteiger partial charge in [-0.3, -0.25) is 4.79 Å². The van der Waals surface area contributed by atoms with Crippen LogP contribution in [-0.2, 0) is 11.4 Å². The maximum absolute atomic E-state index is 10.8. The Hall–Kier alpha value is -3.06. The quantitative estimate of drug-likeness (QED) is 0.690. The predicted molar refractivity (Wildman–Crippen MR) is 77.1 cm³/mol. The minimum atomic E-state index is -1.24. The molecular weight excluding hydrogens is 268 g/mol. The molecule has 0 amide bonds. The topological polar surface area (TPSA) is 63.6 Å². The largest absolute Gasteiger partial charge is 0.488 e. The Kier molecular flexibility index (Phi) is 4.73. The molecule has 0 saturated carbocycles. The van der Waals surface area contributed by atoms with Crippen LogP contribution in [0.2, 0.25) is 0 Å². The Morgan fingerprint density at radius 1 is 1.19 bits per heavy atom. The molecule has 4 nitrogen and oxygen atoms in total. The Labute approximate surface area is 122 Å². The molecule has 0 aliphatic heterocycles. The molecule has 0 aliphatic rings. The summed E-state index contributed by atoms with van der Waals surface area (Å²) >= 11 is 0. The summed E-state index contributed by atoms with van der Waals surface area (Å²) in [5.74, 6) is 3.72. The van der Waals surface area contributed by atoms with Crippen molar-refractivity contribution in [3.05, 3.63) is 65.2 Å². The van der Waals surface area contributed by atoms with Gasteiger partial charge in [-0.25, -0.2) is 4.79 Å². The maximum Gasteiger partial charge on any atom is 0.382 e. The standard InChI is InChI=1S/C17H12O4/c18-11-14-6-8-16(15(10-14)7-9-17(19)20)21-12-13-4-2-1-3-5-13/h1-6,8,10-11H,12H2,(H,19,20). The van der Waals surface area contributed by atoms with Gasteiger partial charge in [-0.2, -0.15) is 0 Å². The van der Waals surface area contributed by atoms with Crippen LogP contribution < -0.4 is 4.74 Å². The van der Waals surface area contributed by atoms with Gasteiger partial charge in [0.2, 0.25) is 0 Å². The van der Waals surface area contributed by atoms with Crippen molar-refractivity contribution in [3.8, 4) is 17.6 Å². The molecule has 2 rings (SSSR count). The van der Waals surface area contributed by atoms with Crippen LogP contribution in [0.3, 0.4) is 0 Å². The van der Waals surface area contributed by atoms with E-state index >= 15 is 0 Å². The number of hydrogen-bond donors (Lipinski definition) is 1. The molecule has 0 heterocycles. The molecule has 0 aliphatic carbocycles. The number of carboxylic acid groups (broad SMARTS) is 1. The first-order chi connectivity index (χ1) is 10.2. The van der Waals surface area contributed by atoms with Crippen LogP contribution in [-0.4, -0.2) is 17.4 Å². The SMILES string of the molecule is O=Cc1ccc(OCc2ccccc2)c(C#CC(=O)O)c1. The van der Waals surface area contributed by atoms with Crippen molar-refractivity contribution in [1.82, 2.24) is 0 Å². The average molecular weight is 280 g/mol. The average Bonchev–Trinajstić information content (AvgIpc) is 2.52. The zero-order valence-electron chi connectivity index (χ0n) is 11.1. The molecule has 0 aromatic heterocycles. The van der Waals surface area contributed by atoms with Crippen LogP contribution in [0.25, 0.3) is 0 Å². The first-order valence-corrected chi connectivity index (χ1v) is 6.20. The number of rotatable bonds is 4. The van der Waals surface area contributed by atoms with Gasteiger partial charge in [-0.05, 0) is 23.8 Å². The van der Waals surface area contributed by atoms with E-state index in [4.69, 9.17) is 9.84 Å². The first kappa shape index (κ1) is 14.4. The lowest BCUT2D eigenvalue weighted by Crippen LogP contribution is -1.98. The van der Waals surface area contributed by atoms with Crippen LogP contribution in [0.5, 0.6) is 5.75 Å². The molecule has 0 saturated heterocycles. The van der Waals surface area contributed by atoms with Gasteiger partial charge in [0, 0.05) is 11.5 Å². The van der Waals surface area contributed by atoms with Gasteiger partial charge >= 0.3 is 5.97 Å². The Balaban J connectivity index is 2.24. The minimum absolute atomic E-state index is 0.336. The van der Waals surface area contributed by atoms with E-state index in [1.165, 1.54) is 6.07 Å². The smallest absolute Gasteiger partial charge is 0.382 e. The summed E-state index contributed by atoms with van der Waals surface area (Å²) in [6, 6.07) is 14.3. The summed E-state index contributed by atoms with van der Waals surface area (Å²) in [6.07, 6.45) is 0.674. The number of benzene rings is 2. The van der Waals surface area contributed by atoms with E-state index in [2.05, 4.69) is 5.92 Å². The van der Waals surface area contributed by atoms with Crippen molar-refractivity contribution in [3.63, 3.8) is 0 Å². The third kappa shape index (κ3) is 4.22. The molecule has 0 spiro atoms. The molecular formula is C17H12O4. The van der Waals surface area contributed by atoms with E-state index in [0.29, 0.717) is 29.8 Å². The summed E-state index contributed by atoms with van der Waals surface area (Å²) in [7, 11) is 0. The molecule has 0 unspecified atom stereocenters. The van der Waals surface area contributed by atoms with E-state index < -0.39 is 5.97 Å². The van der Waals surface area contributed by atoms with Gasteiger partial charge in [-0.15, -0.1) is 0 Å². The predicted octanol–water partition coefficient (Wildman–Crippen LogP) is 2.51. The second kappa shape index (κ2) is 6.92.